The molecule has 0 spiro atoms. The maximum Gasteiger partial charge on any atom is 0.111 e. The van der Waals surface area contributed by atoms with Crippen LogP contribution < -0.4 is 4.72 Å². The fourth-order valence-corrected chi connectivity index (χ4v) is 1.87. The number of nitrogens with zero attached hydrogens (tertiary/aromatic N) is 1. The van der Waals surface area contributed by atoms with E-state index in [-0.39, 0.29) is 0 Å². The molecule has 0 radical (unpaired) electrons. The fraction of sp³-hybridized carbons (Fsp3) is 0.0714. The Bertz CT molecular complexity index is 544. The molecule has 0 unspecified atom stereocenters. The molecule has 0 heterocycles. The van der Waals surface area contributed by atoms with Crippen molar-refractivity contribution >= 4 is 17.9 Å². The Morgan fingerprint density at radius 2 is 1.56 bits per heavy atom. The van der Waals surface area contributed by atoms with Crippen LogP contribution in [-0.2, 0) is 4.18 Å². The highest BCUT2D eigenvalue weighted by Gasteiger charge is 1.98. The molecule has 0 saturated carbocycles. The zero-order valence-corrected chi connectivity index (χ0v) is 10.7. The van der Waals surface area contributed by atoms with Crippen LogP contribution in [0.15, 0.2) is 48.5 Å². The van der Waals surface area contributed by atoms with Crippen LogP contribution in [-0.4, -0.2) is 7.11 Å². The lowest BCUT2D eigenvalue weighted by Crippen LogP contribution is -1.86. The molecule has 90 valence electrons. The molecule has 0 aliphatic heterocycles. The lowest BCUT2D eigenvalue weighted by molar-refractivity contribution is 0.492. The summed E-state index contributed by atoms with van der Waals surface area (Å²) >= 11 is 1.18. The van der Waals surface area contributed by atoms with E-state index in [1.54, 1.807) is 7.11 Å². The van der Waals surface area contributed by atoms with Gasteiger partial charge < -0.3 is 8.91 Å². The minimum Gasteiger partial charge on any atom is -0.307 e. The first-order valence-electron chi connectivity index (χ1n) is 5.40. The summed E-state index contributed by atoms with van der Waals surface area (Å²) in [5, 5.41) is 8.75. The molecule has 2 aromatic carbocycles. The SMILES string of the molecule is COSNc1ccc(-c2ccc(C#N)cc2)cc1. The molecular formula is C14H12N2OS. The lowest BCUT2D eigenvalue weighted by Gasteiger charge is -2.05. The summed E-state index contributed by atoms with van der Waals surface area (Å²) in [5.74, 6) is 0. The summed E-state index contributed by atoms with van der Waals surface area (Å²) < 4.78 is 7.90. The average Bonchev–Trinajstić information content (AvgIpc) is 2.46. The van der Waals surface area contributed by atoms with E-state index in [1.165, 1.54) is 12.2 Å². The van der Waals surface area contributed by atoms with Gasteiger partial charge in [-0.3, -0.25) is 0 Å². The molecule has 0 aliphatic rings. The van der Waals surface area contributed by atoms with E-state index in [0.717, 1.165) is 16.8 Å². The molecule has 0 bridgehead atoms. The third kappa shape index (κ3) is 3.04. The van der Waals surface area contributed by atoms with Crippen LogP contribution in [0, 0.1) is 11.3 Å². The van der Waals surface area contributed by atoms with Gasteiger partial charge in [0, 0.05) is 5.69 Å². The van der Waals surface area contributed by atoms with Crippen molar-refractivity contribution in [2.24, 2.45) is 0 Å². The van der Waals surface area contributed by atoms with Gasteiger partial charge in [-0.05, 0) is 35.4 Å². The number of benzene rings is 2. The Kier molecular flexibility index (Phi) is 4.24. The summed E-state index contributed by atoms with van der Waals surface area (Å²) in [6.45, 7) is 0. The van der Waals surface area contributed by atoms with E-state index in [4.69, 9.17) is 9.44 Å². The van der Waals surface area contributed by atoms with Crippen LogP contribution in [0.4, 0.5) is 5.69 Å². The monoisotopic (exact) mass is 256 g/mol. The van der Waals surface area contributed by atoms with E-state index in [2.05, 4.69) is 10.8 Å². The van der Waals surface area contributed by atoms with E-state index < -0.39 is 0 Å². The van der Waals surface area contributed by atoms with Crippen molar-refractivity contribution in [2.75, 3.05) is 11.8 Å². The van der Waals surface area contributed by atoms with Crippen molar-refractivity contribution in [1.82, 2.24) is 0 Å². The van der Waals surface area contributed by atoms with Crippen LogP contribution in [0.5, 0.6) is 0 Å². The quantitative estimate of drug-likeness (QED) is 0.666. The second-order valence-corrected chi connectivity index (χ2v) is 4.32. The highest BCUT2D eigenvalue weighted by atomic mass is 32.2. The zero-order chi connectivity index (χ0) is 12.8. The standard InChI is InChI=1S/C14H12N2OS/c1-17-18-16-14-8-6-13(7-9-14)12-4-2-11(10-15)3-5-12/h2-9,16H,1H3. The summed E-state index contributed by atoms with van der Waals surface area (Å²) in [4.78, 5) is 0. The van der Waals surface area contributed by atoms with Crippen molar-refractivity contribution in [3.05, 3.63) is 54.1 Å². The zero-order valence-electron chi connectivity index (χ0n) is 9.88. The summed E-state index contributed by atoms with van der Waals surface area (Å²) in [7, 11) is 1.61. The number of anilines is 1. The van der Waals surface area contributed by atoms with Gasteiger partial charge in [-0.15, -0.1) is 0 Å². The predicted molar refractivity (Wildman–Crippen MR) is 74.8 cm³/mol. The highest BCUT2D eigenvalue weighted by Crippen LogP contribution is 2.22. The Morgan fingerprint density at radius 1 is 1.00 bits per heavy atom. The van der Waals surface area contributed by atoms with E-state index in [0.29, 0.717) is 5.56 Å². The summed E-state index contributed by atoms with van der Waals surface area (Å²) in [5.41, 5.74) is 3.88. The number of hydrogen-bond donors (Lipinski definition) is 1. The van der Waals surface area contributed by atoms with Crippen molar-refractivity contribution in [3.8, 4) is 17.2 Å². The number of nitrogens with one attached hydrogen (secondary N) is 1. The minimum atomic E-state index is 0.675. The number of nitriles is 1. The number of hydrogen-bond acceptors (Lipinski definition) is 4. The van der Waals surface area contributed by atoms with Gasteiger partial charge in [0.05, 0.1) is 18.7 Å². The second kappa shape index (κ2) is 6.10. The van der Waals surface area contributed by atoms with Crippen LogP contribution in [0.25, 0.3) is 11.1 Å². The third-order valence-electron chi connectivity index (χ3n) is 2.48. The van der Waals surface area contributed by atoms with Gasteiger partial charge in [-0.2, -0.15) is 5.26 Å². The van der Waals surface area contributed by atoms with Gasteiger partial charge in [0.1, 0.15) is 12.2 Å². The molecule has 0 saturated heterocycles. The molecule has 0 fully saturated rings. The minimum absolute atomic E-state index is 0.675. The molecule has 2 rings (SSSR count). The van der Waals surface area contributed by atoms with Crippen molar-refractivity contribution < 1.29 is 4.18 Å². The van der Waals surface area contributed by atoms with Gasteiger partial charge in [-0.1, -0.05) is 24.3 Å². The summed E-state index contributed by atoms with van der Waals surface area (Å²) in [6, 6.07) is 17.7. The maximum absolute atomic E-state index is 8.75. The van der Waals surface area contributed by atoms with Crippen LogP contribution in [0.3, 0.4) is 0 Å². The normalized spacial score (nSPS) is 9.78. The van der Waals surface area contributed by atoms with Crippen molar-refractivity contribution in [3.63, 3.8) is 0 Å². The van der Waals surface area contributed by atoms with Crippen molar-refractivity contribution in [1.29, 1.82) is 5.26 Å². The Labute approximate surface area is 111 Å². The van der Waals surface area contributed by atoms with Gasteiger partial charge in [0.25, 0.3) is 0 Å². The smallest absolute Gasteiger partial charge is 0.111 e. The molecule has 0 aromatic heterocycles. The van der Waals surface area contributed by atoms with Gasteiger partial charge >= 0.3 is 0 Å². The second-order valence-electron chi connectivity index (χ2n) is 3.62. The van der Waals surface area contributed by atoms with E-state index in [9.17, 15) is 0 Å². The molecule has 0 atom stereocenters. The molecule has 0 aliphatic carbocycles. The number of rotatable bonds is 4. The molecule has 4 heteroatoms. The Balaban J connectivity index is 2.15. The van der Waals surface area contributed by atoms with Crippen LogP contribution >= 0.6 is 12.2 Å². The predicted octanol–water partition coefficient (Wildman–Crippen LogP) is 3.85. The van der Waals surface area contributed by atoms with Gasteiger partial charge in [0.15, 0.2) is 0 Å². The Morgan fingerprint density at radius 3 is 2.06 bits per heavy atom. The van der Waals surface area contributed by atoms with Crippen LogP contribution in [0.2, 0.25) is 0 Å². The van der Waals surface area contributed by atoms with Crippen LogP contribution in [0.1, 0.15) is 5.56 Å². The molecular weight excluding hydrogens is 244 g/mol. The molecule has 1 N–H and O–H groups in total. The Hall–Kier alpha value is -1.96. The molecule has 2 aromatic rings. The first kappa shape index (κ1) is 12.5. The topological polar surface area (TPSA) is 45.0 Å². The molecule has 18 heavy (non-hydrogen) atoms. The third-order valence-corrected chi connectivity index (χ3v) is 2.96. The first-order valence-corrected chi connectivity index (χ1v) is 6.14. The van der Waals surface area contributed by atoms with E-state index in [1.807, 2.05) is 48.5 Å². The highest BCUT2D eigenvalue weighted by molar-refractivity contribution is 7.95. The molecule has 0 amide bonds. The lowest BCUT2D eigenvalue weighted by atomic mass is 10.0. The van der Waals surface area contributed by atoms with E-state index >= 15 is 0 Å². The average molecular weight is 256 g/mol. The first-order chi connectivity index (χ1) is 8.83. The summed E-state index contributed by atoms with van der Waals surface area (Å²) in [6.07, 6.45) is 0. The largest absolute Gasteiger partial charge is 0.307 e. The fourth-order valence-electron chi connectivity index (χ4n) is 1.56. The maximum atomic E-state index is 8.75. The molecule has 3 nitrogen and oxygen atoms in total. The van der Waals surface area contributed by atoms with Crippen molar-refractivity contribution in [2.45, 2.75) is 0 Å². The van der Waals surface area contributed by atoms with Gasteiger partial charge in [-0.25, -0.2) is 0 Å². The van der Waals surface area contributed by atoms with Gasteiger partial charge in [0.2, 0.25) is 0 Å².